The van der Waals surface area contributed by atoms with Crippen LogP contribution in [0.4, 0.5) is 18.9 Å². The highest BCUT2D eigenvalue weighted by Crippen LogP contribution is 2.23. The lowest BCUT2D eigenvalue weighted by Crippen LogP contribution is -2.27. The van der Waals surface area contributed by atoms with E-state index in [9.17, 15) is 18.0 Å². The number of furan rings is 1. The van der Waals surface area contributed by atoms with Gasteiger partial charge >= 0.3 is 6.36 Å². The predicted octanol–water partition coefficient (Wildman–Crippen LogP) is 2.91. The summed E-state index contributed by atoms with van der Waals surface area (Å²) in [6.45, 7) is 0.445. The number of nitrogens with one attached hydrogen (secondary N) is 2. The van der Waals surface area contributed by atoms with Crippen LogP contribution < -0.4 is 15.4 Å². The Labute approximate surface area is 124 Å². The molecular weight excluding hydrogens is 301 g/mol. The summed E-state index contributed by atoms with van der Waals surface area (Å²) >= 11 is 0. The standard InChI is InChI=1S/C14H13F3N2O3/c15-14(16,17)22-11-5-3-10(4-6-11)19-13(20)9-18-8-12-2-1-7-21-12/h1-7,18H,8-9H2,(H,19,20). The van der Waals surface area contributed by atoms with Crippen LogP contribution in [0.3, 0.4) is 0 Å². The summed E-state index contributed by atoms with van der Waals surface area (Å²) in [5.41, 5.74) is 0.374. The van der Waals surface area contributed by atoms with E-state index >= 15 is 0 Å². The molecule has 0 spiro atoms. The number of hydrogen-bond donors (Lipinski definition) is 2. The minimum Gasteiger partial charge on any atom is -0.468 e. The van der Waals surface area contributed by atoms with E-state index in [1.807, 2.05) is 0 Å². The number of alkyl halides is 3. The van der Waals surface area contributed by atoms with Gasteiger partial charge in [-0.25, -0.2) is 0 Å². The van der Waals surface area contributed by atoms with E-state index in [1.54, 1.807) is 12.1 Å². The number of benzene rings is 1. The number of amides is 1. The number of hydrogen-bond acceptors (Lipinski definition) is 4. The molecule has 0 saturated heterocycles. The minimum atomic E-state index is -4.74. The topological polar surface area (TPSA) is 63.5 Å². The fraction of sp³-hybridized carbons (Fsp3) is 0.214. The van der Waals surface area contributed by atoms with Crippen LogP contribution in [-0.4, -0.2) is 18.8 Å². The zero-order valence-corrected chi connectivity index (χ0v) is 11.3. The predicted molar refractivity (Wildman–Crippen MR) is 72.2 cm³/mol. The van der Waals surface area contributed by atoms with E-state index in [0.29, 0.717) is 18.0 Å². The zero-order valence-electron chi connectivity index (χ0n) is 11.3. The molecule has 1 amide bonds. The van der Waals surface area contributed by atoms with Gasteiger partial charge < -0.3 is 19.8 Å². The lowest BCUT2D eigenvalue weighted by molar-refractivity contribution is -0.274. The van der Waals surface area contributed by atoms with Crippen molar-refractivity contribution in [3.63, 3.8) is 0 Å². The summed E-state index contributed by atoms with van der Waals surface area (Å²) in [6, 6.07) is 8.40. The van der Waals surface area contributed by atoms with Gasteiger partial charge in [0.25, 0.3) is 0 Å². The van der Waals surface area contributed by atoms with Crippen molar-refractivity contribution in [1.29, 1.82) is 0 Å². The smallest absolute Gasteiger partial charge is 0.468 e. The fourth-order valence-corrected chi connectivity index (χ4v) is 1.66. The van der Waals surface area contributed by atoms with E-state index in [0.717, 1.165) is 12.1 Å². The first-order chi connectivity index (χ1) is 10.4. The molecule has 5 nitrogen and oxygen atoms in total. The average Bonchev–Trinajstić information content (AvgIpc) is 2.92. The van der Waals surface area contributed by atoms with Crippen molar-refractivity contribution in [2.75, 3.05) is 11.9 Å². The highest BCUT2D eigenvalue weighted by molar-refractivity contribution is 5.92. The summed E-state index contributed by atoms with van der Waals surface area (Å²) in [5, 5.41) is 5.41. The highest BCUT2D eigenvalue weighted by atomic mass is 19.4. The van der Waals surface area contributed by atoms with Crippen molar-refractivity contribution < 1.29 is 27.1 Å². The van der Waals surface area contributed by atoms with Crippen LogP contribution in [0.15, 0.2) is 47.1 Å². The molecule has 1 aromatic carbocycles. The largest absolute Gasteiger partial charge is 0.573 e. The van der Waals surface area contributed by atoms with Gasteiger partial charge in [-0.3, -0.25) is 4.79 Å². The molecular formula is C14H13F3N2O3. The maximum absolute atomic E-state index is 12.0. The molecule has 0 atom stereocenters. The molecule has 1 aromatic heterocycles. The van der Waals surface area contributed by atoms with E-state index in [2.05, 4.69) is 15.4 Å². The first kappa shape index (κ1) is 15.9. The van der Waals surface area contributed by atoms with Crippen molar-refractivity contribution >= 4 is 11.6 Å². The van der Waals surface area contributed by atoms with Gasteiger partial charge in [-0.2, -0.15) is 0 Å². The average molecular weight is 314 g/mol. The molecule has 1 heterocycles. The summed E-state index contributed by atoms with van der Waals surface area (Å²) < 4.78 is 44.8. The Morgan fingerprint density at radius 1 is 1.18 bits per heavy atom. The van der Waals surface area contributed by atoms with Gasteiger partial charge in [0.05, 0.1) is 19.4 Å². The molecule has 0 fully saturated rings. The molecule has 118 valence electrons. The van der Waals surface area contributed by atoms with Crippen LogP contribution >= 0.6 is 0 Å². The molecule has 0 unspecified atom stereocenters. The Balaban J connectivity index is 1.76. The monoisotopic (exact) mass is 314 g/mol. The van der Waals surface area contributed by atoms with Crippen LogP contribution in [0.5, 0.6) is 5.75 Å². The van der Waals surface area contributed by atoms with Crippen molar-refractivity contribution in [2.24, 2.45) is 0 Å². The molecule has 0 bridgehead atoms. The number of ether oxygens (including phenoxy) is 1. The fourth-order valence-electron chi connectivity index (χ4n) is 1.66. The first-order valence-electron chi connectivity index (χ1n) is 6.31. The summed E-state index contributed by atoms with van der Waals surface area (Å²) in [7, 11) is 0. The first-order valence-corrected chi connectivity index (χ1v) is 6.31. The van der Waals surface area contributed by atoms with E-state index in [-0.39, 0.29) is 18.2 Å². The van der Waals surface area contributed by atoms with Crippen molar-refractivity contribution in [1.82, 2.24) is 5.32 Å². The number of rotatable bonds is 6. The molecule has 0 aliphatic rings. The third kappa shape index (κ3) is 5.49. The Morgan fingerprint density at radius 3 is 2.50 bits per heavy atom. The van der Waals surface area contributed by atoms with Gasteiger partial charge in [0.1, 0.15) is 11.5 Å². The van der Waals surface area contributed by atoms with Gasteiger partial charge in [-0.1, -0.05) is 0 Å². The molecule has 2 aromatic rings. The van der Waals surface area contributed by atoms with Crippen LogP contribution in [0, 0.1) is 0 Å². The van der Waals surface area contributed by atoms with Crippen LogP contribution in [0.25, 0.3) is 0 Å². The molecule has 0 radical (unpaired) electrons. The summed E-state index contributed by atoms with van der Waals surface area (Å²) in [4.78, 5) is 11.6. The Bertz CT molecular complexity index is 595. The van der Waals surface area contributed by atoms with Gasteiger partial charge in [0.2, 0.25) is 5.91 Å². The van der Waals surface area contributed by atoms with Crippen LogP contribution in [0.1, 0.15) is 5.76 Å². The number of carbonyl (C=O) groups is 1. The van der Waals surface area contributed by atoms with Crippen molar-refractivity contribution in [3.05, 3.63) is 48.4 Å². The SMILES string of the molecule is O=C(CNCc1ccco1)Nc1ccc(OC(F)(F)F)cc1. The maximum atomic E-state index is 12.0. The zero-order chi connectivity index (χ0) is 16.0. The van der Waals surface area contributed by atoms with Crippen LogP contribution in [0.2, 0.25) is 0 Å². The molecule has 0 saturated carbocycles. The van der Waals surface area contributed by atoms with Crippen LogP contribution in [-0.2, 0) is 11.3 Å². The third-order valence-corrected chi connectivity index (χ3v) is 2.54. The second kappa shape index (κ2) is 6.99. The Hall–Kier alpha value is -2.48. The number of anilines is 1. The normalized spacial score (nSPS) is 11.2. The van der Waals surface area contributed by atoms with E-state index in [4.69, 9.17) is 4.42 Å². The lowest BCUT2D eigenvalue weighted by atomic mass is 10.3. The number of halogens is 3. The minimum absolute atomic E-state index is 0.0432. The van der Waals surface area contributed by atoms with E-state index < -0.39 is 6.36 Å². The molecule has 8 heteroatoms. The lowest BCUT2D eigenvalue weighted by Gasteiger charge is -2.10. The molecule has 22 heavy (non-hydrogen) atoms. The summed E-state index contributed by atoms with van der Waals surface area (Å²) in [6.07, 6.45) is -3.21. The van der Waals surface area contributed by atoms with Gasteiger partial charge in [0.15, 0.2) is 0 Å². The van der Waals surface area contributed by atoms with Gasteiger partial charge in [0, 0.05) is 5.69 Å². The number of carbonyl (C=O) groups excluding carboxylic acids is 1. The van der Waals surface area contributed by atoms with Gasteiger partial charge in [-0.15, -0.1) is 13.2 Å². The van der Waals surface area contributed by atoms with Gasteiger partial charge in [-0.05, 0) is 36.4 Å². The maximum Gasteiger partial charge on any atom is 0.573 e. The molecule has 0 aliphatic carbocycles. The van der Waals surface area contributed by atoms with E-state index in [1.165, 1.54) is 18.4 Å². The van der Waals surface area contributed by atoms with Crippen molar-refractivity contribution in [3.8, 4) is 5.75 Å². The highest BCUT2D eigenvalue weighted by Gasteiger charge is 2.30. The molecule has 2 rings (SSSR count). The molecule has 0 aliphatic heterocycles. The Morgan fingerprint density at radius 2 is 1.91 bits per heavy atom. The second-order valence-corrected chi connectivity index (χ2v) is 4.30. The van der Waals surface area contributed by atoms with Crippen molar-refractivity contribution in [2.45, 2.75) is 12.9 Å². The molecule has 2 N–H and O–H groups in total. The quantitative estimate of drug-likeness (QED) is 0.860. The third-order valence-electron chi connectivity index (χ3n) is 2.54. The summed E-state index contributed by atoms with van der Waals surface area (Å²) in [5.74, 6) is 0.0268. The Kier molecular flexibility index (Phi) is 5.05. The second-order valence-electron chi connectivity index (χ2n) is 4.30.